The molecule has 0 spiro atoms. The molecule has 0 aliphatic heterocycles. The fraction of sp³-hybridized carbons (Fsp3) is 0.211. The average Bonchev–Trinajstić information content (AvgIpc) is 2.58. The Morgan fingerprint density at radius 2 is 1.96 bits per heavy atom. The van der Waals surface area contributed by atoms with Crippen molar-refractivity contribution in [3.8, 4) is 11.5 Å². The number of anilines is 1. The Balaban J connectivity index is 2.18. The smallest absolute Gasteiger partial charge is 0.248 e. The minimum absolute atomic E-state index is 0.0882. The second-order valence-electron chi connectivity index (χ2n) is 5.65. The van der Waals surface area contributed by atoms with Gasteiger partial charge >= 0.3 is 0 Å². The molecule has 0 radical (unpaired) electrons. The van der Waals surface area contributed by atoms with E-state index in [1.165, 1.54) is 19.3 Å². The average molecular weight is 382 g/mol. The first-order chi connectivity index (χ1) is 12.3. The molecule has 2 aromatic rings. The van der Waals surface area contributed by atoms with Gasteiger partial charge < -0.3 is 14.8 Å². The Morgan fingerprint density at radius 3 is 2.62 bits per heavy atom. The zero-order chi connectivity index (χ0) is 19.3. The largest absolute Gasteiger partial charge is 0.493 e. The molecule has 0 aromatic heterocycles. The summed E-state index contributed by atoms with van der Waals surface area (Å²) in [6, 6.07) is 6.06. The van der Waals surface area contributed by atoms with Gasteiger partial charge in [-0.1, -0.05) is 11.6 Å². The van der Waals surface area contributed by atoms with Gasteiger partial charge in [0.25, 0.3) is 0 Å². The lowest BCUT2D eigenvalue weighted by Gasteiger charge is -2.15. The summed E-state index contributed by atoms with van der Waals surface area (Å²) >= 11 is 6.21. The summed E-state index contributed by atoms with van der Waals surface area (Å²) in [7, 11) is 1.48. The Hall–Kier alpha value is -2.60. The number of ether oxygens (including phenoxy) is 2. The highest BCUT2D eigenvalue weighted by atomic mass is 35.5. The van der Waals surface area contributed by atoms with E-state index < -0.39 is 17.5 Å². The molecule has 0 unspecified atom stereocenters. The molecule has 138 valence electrons. The third kappa shape index (κ3) is 5.20. The molecule has 0 saturated heterocycles. The van der Waals surface area contributed by atoms with Crippen molar-refractivity contribution in [2.45, 2.75) is 20.0 Å². The van der Waals surface area contributed by atoms with E-state index in [0.717, 1.165) is 18.2 Å². The normalized spacial score (nSPS) is 11.0. The van der Waals surface area contributed by atoms with Gasteiger partial charge in [-0.2, -0.15) is 0 Å². The van der Waals surface area contributed by atoms with E-state index in [9.17, 15) is 13.6 Å². The van der Waals surface area contributed by atoms with Gasteiger partial charge in [0.15, 0.2) is 11.5 Å². The molecular weight excluding hydrogens is 364 g/mol. The monoisotopic (exact) mass is 381 g/mol. The van der Waals surface area contributed by atoms with Crippen LogP contribution < -0.4 is 14.8 Å². The van der Waals surface area contributed by atoms with Crippen LogP contribution in [0.1, 0.15) is 19.4 Å². The predicted molar refractivity (Wildman–Crippen MR) is 97.8 cm³/mol. The van der Waals surface area contributed by atoms with Crippen LogP contribution in [0.2, 0.25) is 5.02 Å². The first kappa shape index (κ1) is 19.7. The molecule has 0 fully saturated rings. The molecule has 0 atom stereocenters. The number of benzene rings is 2. The zero-order valence-corrected chi connectivity index (χ0v) is 15.2. The van der Waals surface area contributed by atoms with Gasteiger partial charge in [-0.15, -0.1) is 0 Å². The molecule has 1 N–H and O–H groups in total. The molecule has 2 aromatic carbocycles. The van der Waals surface area contributed by atoms with Crippen LogP contribution in [0.25, 0.3) is 6.08 Å². The van der Waals surface area contributed by atoms with Crippen molar-refractivity contribution in [1.29, 1.82) is 0 Å². The van der Waals surface area contributed by atoms with E-state index in [-0.39, 0.29) is 11.8 Å². The van der Waals surface area contributed by atoms with Gasteiger partial charge in [0.1, 0.15) is 11.6 Å². The molecule has 0 heterocycles. The number of hydrogen-bond donors (Lipinski definition) is 1. The number of amides is 1. The summed E-state index contributed by atoms with van der Waals surface area (Å²) in [6.45, 7) is 3.72. The van der Waals surface area contributed by atoms with Crippen LogP contribution in [-0.4, -0.2) is 19.1 Å². The van der Waals surface area contributed by atoms with Crippen LogP contribution in [-0.2, 0) is 4.79 Å². The quantitative estimate of drug-likeness (QED) is 0.711. The van der Waals surface area contributed by atoms with Gasteiger partial charge in [0, 0.05) is 12.1 Å². The molecule has 4 nitrogen and oxygen atoms in total. The lowest BCUT2D eigenvalue weighted by molar-refractivity contribution is -0.111. The van der Waals surface area contributed by atoms with Crippen molar-refractivity contribution in [1.82, 2.24) is 0 Å². The minimum atomic E-state index is -0.729. The van der Waals surface area contributed by atoms with Crippen molar-refractivity contribution in [3.63, 3.8) is 0 Å². The third-order valence-electron chi connectivity index (χ3n) is 3.22. The van der Waals surface area contributed by atoms with E-state index in [1.54, 1.807) is 12.1 Å². The minimum Gasteiger partial charge on any atom is -0.493 e. The van der Waals surface area contributed by atoms with Gasteiger partial charge in [0.05, 0.1) is 23.9 Å². The molecule has 0 bridgehead atoms. The Morgan fingerprint density at radius 1 is 1.23 bits per heavy atom. The molecule has 1 amide bonds. The van der Waals surface area contributed by atoms with Crippen molar-refractivity contribution >= 4 is 29.3 Å². The van der Waals surface area contributed by atoms with Crippen LogP contribution in [0.5, 0.6) is 11.5 Å². The van der Waals surface area contributed by atoms with Crippen molar-refractivity contribution in [2.24, 2.45) is 0 Å². The third-order valence-corrected chi connectivity index (χ3v) is 3.50. The van der Waals surface area contributed by atoms with Gasteiger partial charge in [-0.25, -0.2) is 8.78 Å². The van der Waals surface area contributed by atoms with Crippen LogP contribution in [0.4, 0.5) is 14.5 Å². The second-order valence-corrected chi connectivity index (χ2v) is 6.05. The van der Waals surface area contributed by atoms with E-state index in [1.807, 2.05) is 13.8 Å². The maximum atomic E-state index is 13.5. The standard InChI is InChI=1S/C19H18ClF2NO3/c1-11(2)26-19-14(20)8-12(9-17(19)25-3)4-7-18(24)23-16-10-13(21)5-6-15(16)22/h4-11H,1-3H3,(H,23,24)/b7-4+. The van der Waals surface area contributed by atoms with Crippen molar-refractivity contribution in [2.75, 3.05) is 12.4 Å². The Bertz CT molecular complexity index is 838. The fourth-order valence-electron chi connectivity index (χ4n) is 2.13. The van der Waals surface area contributed by atoms with Crippen LogP contribution in [0.3, 0.4) is 0 Å². The number of rotatable bonds is 6. The topological polar surface area (TPSA) is 47.6 Å². The lowest BCUT2D eigenvalue weighted by atomic mass is 10.1. The number of carbonyl (C=O) groups is 1. The summed E-state index contributed by atoms with van der Waals surface area (Å²) in [6.07, 6.45) is 2.56. The van der Waals surface area contributed by atoms with E-state index in [4.69, 9.17) is 21.1 Å². The van der Waals surface area contributed by atoms with Crippen LogP contribution in [0.15, 0.2) is 36.4 Å². The summed E-state index contributed by atoms with van der Waals surface area (Å²) in [5.74, 6) is -1.17. The maximum absolute atomic E-state index is 13.5. The molecule has 7 heteroatoms. The summed E-state index contributed by atoms with van der Waals surface area (Å²) in [5, 5.41) is 2.60. The number of hydrogen-bond acceptors (Lipinski definition) is 3. The fourth-order valence-corrected chi connectivity index (χ4v) is 2.39. The summed E-state index contributed by atoms with van der Waals surface area (Å²) in [5.41, 5.74) is 0.341. The molecule has 2 rings (SSSR count). The van der Waals surface area contributed by atoms with E-state index in [0.29, 0.717) is 22.1 Å². The SMILES string of the molecule is COc1cc(/C=C/C(=O)Nc2cc(F)ccc2F)cc(Cl)c1OC(C)C. The van der Waals surface area contributed by atoms with Crippen molar-refractivity contribution < 1.29 is 23.0 Å². The summed E-state index contributed by atoms with van der Waals surface area (Å²) < 4.78 is 37.5. The molecular formula is C19H18ClF2NO3. The van der Waals surface area contributed by atoms with Crippen LogP contribution in [0, 0.1) is 11.6 Å². The molecule has 0 aliphatic carbocycles. The van der Waals surface area contributed by atoms with Crippen LogP contribution >= 0.6 is 11.6 Å². The highest BCUT2D eigenvalue weighted by Gasteiger charge is 2.13. The number of nitrogens with one attached hydrogen (secondary N) is 1. The van der Waals surface area contributed by atoms with E-state index >= 15 is 0 Å². The first-order valence-corrected chi connectivity index (χ1v) is 8.16. The molecule has 26 heavy (non-hydrogen) atoms. The van der Waals surface area contributed by atoms with Crippen molar-refractivity contribution in [3.05, 3.63) is 58.6 Å². The second kappa shape index (κ2) is 8.67. The predicted octanol–water partition coefficient (Wildman–Crippen LogP) is 5.07. The van der Waals surface area contributed by atoms with Gasteiger partial charge in [-0.05, 0) is 49.8 Å². The first-order valence-electron chi connectivity index (χ1n) is 7.78. The number of halogens is 3. The van der Waals surface area contributed by atoms with Gasteiger partial charge in [-0.3, -0.25) is 4.79 Å². The van der Waals surface area contributed by atoms with E-state index in [2.05, 4.69) is 5.32 Å². The lowest BCUT2D eigenvalue weighted by Crippen LogP contribution is -2.09. The maximum Gasteiger partial charge on any atom is 0.248 e. The molecule has 0 aliphatic rings. The number of methoxy groups -OCH3 is 1. The zero-order valence-electron chi connectivity index (χ0n) is 14.5. The molecule has 0 saturated carbocycles. The Labute approximate surface area is 155 Å². The highest BCUT2D eigenvalue weighted by Crippen LogP contribution is 2.37. The number of carbonyl (C=O) groups excluding carboxylic acids is 1. The van der Waals surface area contributed by atoms with Gasteiger partial charge in [0.2, 0.25) is 5.91 Å². The summed E-state index contributed by atoms with van der Waals surface area (Å²) in [4.78, 5) is 11.9. The Kier molecular flexibility index (Phi) is 6.58. The highest BCUT2D eigenvalue weighted by molar-refractivity contribution is 6.32.